The van der Waals surface area contributed by atoms with Crippen molar-refractivity contribution in [3.8, 4) is 5.75 Å². The van der Waals surface area contributed by atoms with Crippen molar-refractivity contribution in [3.63, 3.8) is 0 Å². The Balaban J connectivity index is 1.50. The van der Waals surface area contributed by atoms with E-state index in [-0.39, 0.29) is 12.5 Å². The SMILES string of the molecule is Cc1ccc(OCC(=O)N(C)Cc2ccc(N3CCOCC3)cc2)cc1C. The van der Waals surface area contributed by atoms with Gasteiger partial charge in [0.25, 0.3) is 5.91 Å². The minimum absolute atomic E-state index is 0.0366. The van der Waals surface area contributed by atoms with Crippen LogP contribution in [0.4, 0.5) is 5.69 Å². The van der Waals surface area contributed by atoms with Gasteiger partial charge in [0.15, 0.2) is 6.61 Å². The van der Waals surface area contributed by atoms with Crippen LogP contribution in [-0.4, -0.2) is 50.8 Å². The number of amides is 1. The largest absolute Gasteiger partial charge is 0.484 e. The molecule has 27 heavy (non-hydrogen) atoms. The third-order valence-corrected chi connectivity index (χ3v) is 5.00. The number of nitrogens with zero attached hydrogens (tertiary/aromatic N) is 2. The fourth-order valence-electron chi connectivity index (χ4n) is 3.05. The molecule has 0 bridgehead atoms. The lowest BCUT2D eigenvalue weighted by molar-refractivity contribution is -0.132. The molecule has 0 radical (unpaired) electrons. The Morgan fingerprint density at radius 1 is 1.07 bits per heavy atom. The smallest absolute Gasteiger partial charge is 0.260 e. The standard InChI is InChI=1S/C22H28N2O3/c1-17-4-9-21(14-18(17)2)27-16-22(25)23(3)15-19-5-7-20(8-6-19)24-10-12-26-13-11-24/h4-9,14H,10-13,15-16H2,1-3H3. The van der Waals surface area contributed by atoms with Gasteiger partial charge in [-0.1, -0.05) is 18.2 Å². The number of carbonyl (C=O) groups is 1. The maximum Gasteiger partial charge on any atom is 0.260 e. The summed E-state index contributed by atoms with van der Waals surface area (Å²) in [5, 5.41) is 0. The van der Waals surface area contributed by atoms with Gasteiger partial charge in [-0.25, -0.2) is 0 Å². The summed E-state index contributed by atoms with van der Waals surface area (Å²) in [6, 6.07) is 14.3. The van der Waals surface area contributed by atoms with Gasteiger partial charge in [0.05, 0.1) is 13.2 Å². The number of ether oxygens (including phenoxy) is 2. The molecule has 0 atom stereocenters. The van der Waals surface area contributed by atoms with Gasteiger partial charge >= 0.3 is 0 Å². The molecular weight excluding hydrogens is 340 g/mol. The number of aryl methyl sites for hydroxylation is 2. The molecule has 1 aliphatic rings. The van der Waals surface area contributed by atoms with Crippen molar-refractivity contribution in [1.82, 2.24) is 4.90 Å². The molecule has 3 rings (SSSR count). The molecule has 0 saturated carbocycles. The molecule has 144 valence electrons. The molecule has 1 aliphatic heterocycles. The third-order valence-electron chi connectivity index (χ3n) is 5.00. The van der Waals surface area contributed by atoms with Crippen LogP contribution in [0.1, 0.15) is 16.7 Å². The number of hydrogen-bond donors (Lipinski definition) is 0. The van der Waals surface area contributed by atoms with Gasteiger partial charge in [-0.15, -0.1) is 0 Å². The van der Waals surface area contributed by atoms with Crippen LogP contribution >= 0.6 is 0 Å². The first-order valence-corrected chi connectivity index (χ1v) is 9.38. The van der Waals surface area contributed by atoms with Crippen LogP contribution in [0, 0.1) is 13.8 Å². The molecule has 0 spiro atoms. The maximum atomic E-state index is 12.4. The van der Waals surface area contributed by atoms with Gasteiger partial charge in [0.2, 0.25) is 0 Å². The van der Waals surface area contributed by atoms with E-state index in [2.05, 4.69) is 36.1 Å². The van der Waals surface area contributed by atoms with E-state index in [0.29, 0.717) is 6.54 Å². The lowest BCUT2D eigenvalue weighted by Crippen LogP contribution is -2.36. The second-order valence-corrected chi connectivity index (χ2v) is 7.05. The Bertz CT molecular complexity index is 768. The minimum Gasteiger partial charge on any atom is -0.484 e. The molecule has 1 saturated heterocycles. The highest BCUT2D eigenvalue weighted by molar-refractivity contribution is 5.77. The van der Waals surface area contributed by atoms with Crippen LogP contribution in [0.2, 0.25) is 0 Å². The van der Waals surface area contributed by atoms with Gasteiger partial charge in [-0.2, -0.15) is 0 Å². The predicted molar refractivity (Wildman–Crippen MR) is 107 cm³/mol. The predicted octanol–water partition coefficient (Wildman–Crippen LogP) is 3.18. The van der Waals surface area contributed by atoms with Crippen LogP contribution in [0.5, 0.6) is 5.75 Å². The van der Waals surface area contributed by atoms with E-state index in [1.165, 1.54) is 11.3 Å². The Labute approximate surface area is 161 Å². The molecule has 0 aromatic heterocycles. The molecule has 2 aromatic rings. The van der Waals surface area contributed by atoms with Crippen molar-refractivity contribution in [1.29, 1.82) is 0 Å². The Morgan fingerprint density at radius 3 is 2.44 bits per heavy atom. The first kappa shape index (κ1) is 19.2. The first-order chi connectivity index (χ1) is 13.0. The van der Waals surface area contributed by atoms with Crippen molar-refractivity contribution in [3.05, 3.63) is 59.2 Å². The van der Waals surface area contributed by atoms with Crippen LogP contribution < -0.4 is 9.64 Å². The van der Waals surface area contributed by atoms with Gasteiger partial charge in [0, 0.05) is 32.4 Å². The van der Waals surface area contributed by atoms with E-state index in [1.54, 1.807) is 4.90 Å². The zero-order valence-corrected chi connectivity index (χ0v) is 16.4. The van der Waals surface area contributed by atoms with Crippen LogP contribution in [0.15, 0.2) is 42.5 Å². The maximum absolute atomic E-state index is 12.4. The average Bonchev–Trinajstić information content (AvgIpc) is 2.70. The number of carbonyl (C=O) groups excluding carboxylic acids is 1. The number of morpholine rings is 1. The molecule has 0 aliphatic carbocycles. The summed E-state index contributed by atoms with van der Waals surface area (Å²) in [5.74, 6) is 0.695. The van der Waals surface area contributed by atoms with Gasteiger partial charge in [-0.3, -0.25) is 4.79 Å². The van der Waals surface area contributed by atoms with Gasteiger partial charge < -0.3 is 19.3 Å². The molecule has 5 nitrogen and oxygen atoms in total. The molecule has 0 unspecified atom stereocenters. The van der Waals surface area contributed by atoms with Crippen LogP contribution in [0.3, 0.4) is 0 Å². The van der Waals surface area contributed by atoms with Crippen LogP contribution in [-0.2, 0) is 16.1 Å². The summed E-state index contributed by atoms with van der Waals surface area (Å²) in [6.45, 7) is 8.11. The fraction of sp³-hybridized carbons (Fsp3) is 0.409. The quantitative estimate of drug-likeness (QED) is 0.785. The number of hydrogen-bond acceptors (Lipinski definition) is 4. The van der Waals surface area contributed by atoms with Crippen molar-refractivity contribution >= 4 is 11.6 Å². The number of anilines is 1. The molecule has 1 heterocycles. The highest BCUT2D eigenvalue weighted by atomic mass is 16.5. The molecule has 2 aromatic carbocycles. The molecule has 0 N–H and O–H groups in total. The Kier molecular flexibility index (Phi) is 6.35. The number of likely N-dealkylation sites (N-methyl/N-ethyl adjacent to an activating group) is 1. The molecule has 1 fully saturated rings. The van der Waals surface area contributed by atoms with E-state index in [0.717, 1.165) is 43.2 Å². The lowest BCUT2D eigenvalue weighted by atomic mass is 10.1. The highest BCUT2D eigenvalue weighted by Gasteiger charge is 2.13. The minimum atomic E-state index is -0.0366. The normalized spacial score (nSPS) is 14.1. The van der Waals surface area contributed by atoms with Crippen molar-refractivity contribution in [2.24, 2.45) is 0 Å². The van der Waals surface area contributed by atoms with Crippen LogP contribution in [0.25, 0.3) is 0 Å². The van der Waals surface area contributed by atoms with Crippen molar-refractivity contribution < 1.29 is 14.3 Å². The first-order valence-electron chi connectivity index (χ1n) is 9.38. The summed E-state index contributed by atoms with van der Waals surface area (Å²) < 4.78 is 11.0. The molecular formula is C22H28N2O3. The third kappa shape index (κ3) is 5.23. The number of rotatable bonds is 6. The summed E-state index contributed by atoms with van der Waals surface area (Å²) in [5.41, 5.74) is 4.68. The van der Waals surface area contributed by atoms with E-state index in [1.807, 2.05) is 32.2 Å². The lowest BCUT2D eigenvalue weighted by Gasteiger charge is -2.29. The Morgan fingerprint density at radius 2 is 1.78 bits per heavy atom. The Hall–Kier alpha value is -2.53. The van der Waals surface area contributed by atoms with E-state index in [4.69, 9.17) is 9.47 Å². The van der Waals surface area contributed by atoms with Gasteiger partial charge in [-0.05, 0) is 54.8 Å². The summed E-state index contributed by atoms with van der Waals surface area (Å²) in [6.07, 6.45) is 0. The van der Waals surface area contributed by atoms with Crippen molar-refractivity contribution in [2.75, 3.05) is 44.9 Å². The average molecular weight is 368 g/mol. The van der Waals surface area contributed by atoms with Crippen molar-refractivity contribution in [2.45, 2.75) is 20.4 Å². The highest BCUT2D eigenvalue weighted by Crippen LogP contribution is 2.18. The van der Waals surface area contributed by atoms with E-state index in [9.17, 15) is 4.79 Å². The van der Waals surface area contributed by atoms with Gasteiger partial charge in [0.1, 0.15) is 5.75 Å². The summed E-state index contributed by atoms with van der Waals surface area (Å²) in [4.78, 5) is 16.4. The topological polar surface area (TPSA) is 42.0 Å². The zero-order chi connectivity index (χ0) is 19.2. The second kappa shape index (κ2) is 8.91. The fourth-order valence-corrected chi connectivity index (χ4v) is 3.05. The summed E-state index contributed by atoms with van der Waals surface area (Å²) in [7, 11) is 1.81. The second-order valence-electron chi connectivity index (χ2n) is 7.05. The monoisotopic (exact) mass is 368 g/mol. The number of benzene rings is 2. The molecule has 5 heteroatoms. The van der Waals surface area contributed by atoms with E-state index >= 15 is 0 Å². The van der Waals surface area contributed by atoms with E-state index < -0.39 is 0 Å². The molecule has 1 amide bonds. The zero-order valence-electron chi connectivity index (χ0n) is 16.4. The summed E-state index contributed by atoms with van der Waals surface area (Å²) >= 11 is 0.